The van der Waals surface area contributed by atoms with Crippen molar-refractivity contribution in [3.8, 4) is 0 Å². The molecule has 0 atom stereocenters. The van der Waals surface area contributed by atoms with Gasteiger partial charge in [0.25, 0.3) is 0 Å². The smallest absolute Gasteiger partial charge is 0.229 e. The van der Waals surface area contributed by atoms with E-state index in [2.05, 4.69) is 10.5 Å². The summed E-state index contributed by atoms with van der Waals surface area (Å²) in [7, 11) is 0. The normalized spacial score (nSPS) is 14.3. The molecule has 0 aliphatic carbocycles. The zero-order valence-corrected chi connectivity index (χ0v) is 10.5. The Kier molecular flexibility index (Phi) is 5.50. The van der Waals surface area contributed by atoms with E-state index in [9.17, 15) is 4.79 Å². The lowest BCUT2D eigenvalue weighted by Crippen LogP contribution is -2.33. The zero-order chi connectivity index (χ0) is 12.8. The molecule has 0 aromatic rings. The number of allylic oxidation sites excluding steroid dienone is 4. The van der Waals surface area contributed by atoms with Gasteiger partial charge in [-0.05, 0) is 31.6 Å². The summed E-state index contributed by atoms with van der Waals surface area (Å²) in [5.41, 5.74) is 1.25. The number of carbonyl (C=O) groups is 1. The molecular weight excluding hydrogens is 204 g/mol. The molecule has 0 heterocycles. The van der Waals surface area contributed by atoms with Gasteiger partial charge in [-0.15, -0.1) is 0 Å². The molecule has 0 rings (SSSR count). The zero-order valence-electron chi connectivity index (χ0n) is 10.5. The SMILES string of the molecule is CC(=C/C=N/O)/C=C(\C)NC(=O)C(C)(C)C. The van der Waals surface area contributed by atoms with E-state index in [0.717, 1.165) is 11.3 Å². The summed E-state index contributed by atoms with van der Waals surface area (Å²) in [5.74, 6) is -0.0233. The van der Waals surface area contributed by atoms with Crippen molar-refractivity contribution in [3.63, 3.8) is 0 Å². The van der Waals surface area contributed by atoms with Crippen LogP contribution >= 0.6 is 0 Å². The number of nitrogens with zero attached hydrogens (tertiary/aromatic N) is 1. The molecular formula is C12H20N2O2. The van der Waals surface area contributed by atoms with Crippen LogP contribution in [0.15, 0.2) is 28.6 Å². The van der Waals surface area contributed by atoms with Crippen molar-refractivity contribution in [1.82, 2.24) is 5.32 Å². The topological polar surface area (TPSA) is 61.7 Å². The van der Waals surface area contributed by atoms with Crippen LogP contribution in [-0.2, 0) is 4.79 Å². The van der Waals surface area contributed by atoms with E-state index in [1.54, 1.807) is 6.08 Å². The minimum atomic E-state index is -0.403. The van der Waals surface area contributed by atoms with E-state index in [1.165, 1.54) is 6.21 Å². The molecule has 90 valence electrons. The summed E-state index contributed by atoms with van der Waals surface area (Å²) in [5, 5.41) is 13.9. The third kappa shape index (κ3) is 6.01. The van der Waals surface area contributed by atoms with E-state index < -0.39 is 5.41 Å². The van der Waals surface area contributed by atoms with Gasteiger partial charge in [-0.1, -0.05) is 25.9 Å². The second kappa shape index (κ2) is 6.10. The fraction of sp³-hybridized carbons (Fsp3) is 0.500. The maximum absolute atomic E-state index is 11.6. The van der Waals surface area contributed by atoms with Gasteiger partial charge >= 0.3 is 0 Å². The van der Waals surface area contributed by atoms with Gasteiger partial charge in [0.15, 0.2) is 0 Å². The lowest BCUT2D eigenvalue weighted by molar-refractivity contribution is -0.127. The molecule has 0 spiro atoms. The molecule has 16 heavy (non-hydrogen) atoms. The fourth-order valence-electron chi connectivity index (χ4n) is 0.943. The third-order valence-corrected chi connectivity index (χ3v) is 1.84. The van der Waals surface area contributed by atoms with Gasteiger partial charge in [0.2, 0.25) is 5.91 Å². The number of rotatable bonds is 3. The van der Waals surface area contributed by atoms with Crippen LogP contribution in [0, 0.1) is 5.41 Å². The van der Waals surface area contributed by atoms with E-state index in [4.69, 9.17) is 5.21 Å². The van der Waals surface area contributed by atoms with Crippen molar-refractivity contribution >= 4 is 12.1 Å². The summed E-state index contributed by atoms with van der Waals surface area (Å²) in [6.07, 6.45) is 4.74. The first-order valence-corrected chi connectivity index (χ1v) is 5.11. The first kappa shape index (κ1) is 14.4. The van der Waals surface area contributed by atoms with Crippen molar-refractivity contribution in [3.05, 3.63) is 23.4 Å². The molecule has 0 aromatic heterocycles. The van der Waals surface area contributed by atoms with E-state index >= 15 is 0 Å². The lowest BCUT2D eigenvalue weighted by Gasteiger charge is -2.17. The van der Waals surface area contributed by atoms with Crippen molar-refractivity contribution in [2.45, 2.75) is 34.6 Å². The fourth-order valence-corrected chi connectivity index (χ4v) is 0.943. The van der Waals surface area contributed by atoms with E-state index in [0.29, 0.717) is 0 Å². The number of hydrogen-bond acceptors (Lipinski definition) is 3. The average Bonchev–Trinajstić information content (AvgIpc) is 2.12. The molecule has 0 aliphatic heterocycles. The molecule has 0 saturated carbocycles. The molecule has 0 bridgehead atoms. The van der Waals surface area contributed by atoms with Crippen LogP contribution < -0.4 is 5.32 Å². The van der Waals surface area contributed by atoms with Crippen LogP contribution in [0.25, 0.3) is 0 Å². The summed E-state index contributed by atoms with van der Waals surface area (Å²) >= 11 is 0. The highest BCUT2D eigenvalue weighted by molar-refractivity contribution is 5.83. The Bertz CT molecular complexity index is 333. The van der Waals surface area contributed by atoms with Crippen LogP contribution in [-0.4, -0.2) is 17.3 Å². The maximum Gasteiger partial charge on any atom is 0.229 e. The van der Waals surface area contributed by atoms with Crippen LogP contribution in [0.4, 0.5) is 0 Å². The maximum atomic E-state index is 11.6. The van der Waals surface area contributed by atoms with E-state index in [1.807, 2.05) is 40.7 Å². The minimum Gasteiger partial charge on any atom is -0.411 e. The first-order chi connectivity index (χ1) is 7.27. The first-order valence-electron chi connectivity index (χ1n) is 5.11. The van der Waals surface area contributed by atoms with Crippen LogP contribution in [0.2, 0.25) is 0 Å². The summed E-state index contributed by atoms with van der Waals surface area (Å²) in [6, 6.07) is 0. The Labute approximate surface area is 96.7 Å². The summed E-state index contributed by atoms with van der Waals surface area (Å²) in [6.45, 7) is 9.25. The molecule has 0 fully saturated rings. The lowest BCUT2D eigenvalue weighted by atomic mass is 9.95. The van der Waals surface area contributed by atoms with Gasteiger partial charge in [0, 0.05) is 11.1 Å². The largest absolute Gasteiger partial charge is 0.411 e. The number of amides is 1. The highest BCUT2D eigenvalue weighted by Crippen LogP contribution is 2.13. The van der Waals surface area contributed by atoms with Gasteiger partial charge in [-0.3, -0.25) is 4.79 Å². The molecule has 4 nitrogen and oxygen atoms in total. The Morgan fingerprint density at radius 1 is 1.31 bits per heavy atom. The monoisotopic (exact) mass is 224 g/mol. The van der Waals surface area contributed by atoms with Crippen molar-refractivity contribution in [2.24, 2.45) is 10.6 Å². The van der Waals surface area contributed by atoms with Gasteiger partial charge in [0.05, 0.1) is 6.21 Å². The molecule has 2 N–H and O–H groups in total. The molecule has 4 heteroatoms. The second-order valence-corrected chi connectivity index (χ2v) is 4.71. The molecule has 0 aromatic carbocycles. The molecule has 0 radical (unpaired) electrons. The molecule has 0 aliphatic rings. The molecule has 0 saturated heterocycles. The van der Waals surface area contributed by atoms with Gasteiger partial charge in [-0.2, -0.15) is 0 Å². The minimum absolute atomic E-state index is 0.0233. The van der Waals surface area contributed by atoms with Crippen LogP contribution in [0.5, 0.6) is 0 Å². The predicted molar refractivity (Wildman–Crippen MR) is 65.4 cm³/mol. The average molecular weight is 224 g/mol. The predicted octanol–water partition coefficient (Wildman–Crippen LogP) is 2.46. The van der Waals surface area contributed by atoms with Crippen molar-refractivity contribution < 1.29 is 10.0 Å². The third-order valence-electron chi connectivity index (χ3n) is 1.84. The quantitative estimate of drug-likeness (QED) is 0.335. The van der Waals surface area contributed by atoms with Crippen LogP contribution in [0.1, 0.15) is 34.6 Å². The Morgan fingerprint density at radius 3 is 2.31 bits per heavy atom. The number of carbonyl (C=O) groups excluding carboxylic acids is 1. The second-order valence-electron chi connectivity index (χ2n) is 4.71. The van der Waals surface area contributed by atoms with Crippen molar-refractivity contribution in [2.75, 3.05) is 0 Å². The molecule has 0 unspecified atom stereocenters. The highest BCUT2D eigenvalue weighted by atomic mass is 16.4. The Morgan fingerprint density at radius 2 is 1.88 bits per heavy atom. The highest BCUT2D eigenvalue weighted by Gasteiger charge is 2.20. The standard InChI is InChI=1S/C12H20N2O2/c1-9(6-7-13-16)8-10(2)14-11(15)12(3,4)5/h6-8,16H,1-5H3,(H,14,15)/b9-6-,10-8+,13-7+. The number of oxime groups is 1. The van der Waals surface area contributed by atoms with E-state index in [-0.39, 0.29) is 5.91 Å². The Hall–Kier alpha value is -1.58. The van der Waals surface area contributed by atoms with Crippen LogP contribution in [0.3, 0.4) is 0 Å². The Balaban J connectivity index is 4.53. The van der Waals surface area contributed by atoms with Crippen molar-refractivity contribution in [1.29, 1.82) is 0 Å². The van der Waals surface area contributed by atoms with Gasteiger partial charge in [0.1, 0.15) is 0 Å². The molecule has 1 amide bonds. The number of nitrogens with one attached hydrogen (secondary N) is 1. The van der Waals surface area contributed by atoms with Gasteiger partial charge in [-0.25, -0.2) is 0 Å². The summed E-state index contributed by atoms with van der Waals surface area (Å²) < 4.78 is 0. The van der Waals surface area contributed by atoms with Gasteiger partial charge < -0.3 is 10.5 Å². The summed E-state index contributed by atoms with van der Waals surface area (Å²) in [4.78, 5) is 11.6. The number of hydrogen-bond donors (Lipinski definition) is 2.